The van der Waals surface area contributed by atoms with E-state index < -0.39 is 0 Å². The Labute approximate surface area is 128 Å². The van der Waals surface area contributed by atoms with Crippen molar-refractivity contribution in [1.29, 1.82) is 5.26 Å². The van der Waals surface area contributed by atoms with E-state index in [-0.39, 0.29) is 0 Å². The summed E-state index contributed by atoms with van der Waals surface area (Å²) in [6.07, 6.45) is 0. The van der Waals surface area contributed by atoms with Crippen LogP contribution >= 0.6 is 23.2 Å². The first-order valence-electron chi connectivity index (χ1n) is 6.03. The smallest absolute Gasteiger partial charge is 0.103 e. The number of anilines is 2. The summed E-state index contributed by atoms with van der Waals surface area (Å²) in [5.74, 6) is 0. The molecular formula is C15H13Cl2N3. The average molecular weight is 306 g/mol. The van der Waals surface area contributed by atoms with Gasteiger partial charge in [0.1, 0.15) is 6.07 Å². The Balaban J connectivity index is 2.51. The van der Waals surface area contributed by atoms with Gasteiger partial charge in [-0.2, -0.15) is 5.26 Å². The van der Waals surface area contributed by atoms with Gasteiger partial charge in [0, 0.05) is 10.7 Å². The molecule has 1 heterocycles. The summed E-state index contributed by atoms with van der Waals surface area (Å²) in [5.41, 5.74) is 4.28. The van der Waals surface area contributed by atoms with E-state index in [1.165, 1.54) is 0 Å². The third kappa shape index (κ3) is 2.87. The van der Waals surface area contributed by atoms with Gasteiger partial charge in [-0.05, 0) is 44.5 Å². The lowest BCUT2D eigenvalue weighted by atomic mass is 10.1. The molecule has 0 aliphatic carbocycles. The van der Waals surface area contributed by atoms with Gasteiger partial charge in [-0.15, -0.1) is 0 Å². The Morgan fingerprint density at radius 3 is 2.40 bits per heavy atom. The van der Waals surface area contributed by atoms with E-state index in [2.05, 4.69) is 16.4 Å². The lowest BCUT2D eigenvalue weighted by molar-refractivity contribution is 1.11. The van der Waals surface area contributed by atoms with Crippen LogP contribution in [0.1, 0.15) is 22.5 Å². The highest BCUT2D eigenvalue weighted by atomic mass is 35.5. The fourth-order valence-electron chi connectivity index (χ4n) is 1.96. The molecule has 2 rings (SSSR count). The number of hydrogen-bond acceptors (Lipinski definition) is 3. The molecule has 0 saturated carbocycles. The Hall–Kier alpha value is -1.76. The van der Waals surface area contributed by atoms with Crippen LogP contribution in [0.2, 0.25) is 10.0 Å². The maximum absolute atomic E-state index is 9.25. The molecule has 3 nitrogen and oxygen atoms in total. The van der Waals surface area contributed by atoms with Crippen LogP contribution in [0.15, 0.2) is 18.2 Å². The molecule has 0 saturated heterocycles. The van der Waals surface area contributed by atoms with Gasteiger partial charge in [0.05, 0.1) is 27.7 Å². The van der Waals surface area contributed by atoms with E-state index in [0.717, 1.165) is 11.3 Å². The number of hydrogen-bond donors (Lipinski definition) is 1. The van der Waals surface area contributed by atoms with E-state index in [1.807, 2.05) is 19.9 Å². The van der Waals surface area contributed by atoms with Gasteiger partial charge in [0.15, 0.2) is 0 Å². The van der Waals surface area contributed by atoms with Crippen molar-refractivity contribution in [3.05, 3.63) is 50.8 Å². The van der Waals surface area contributed by atoms with Crippen LogP contribution in [0.25, 0.3) is 0 Å². The molecule has 20 heavy (non-hydrogen) atoms. The zero-order chi connectivity index (χ0) is 14.9. The minimum atomic E-state index is 0.503. The second-order valence-corrected chi connectivity index (χ2v) is 5.40. The summed E-state index contributed by atoms with van der Waals surface area (Å²) in [6, 6.07) is 7.52. The van der Waals surface area contributed by atoms with E-state index in [0.29, 0.717) is 32.7 Å². The maximum atomic E-state index is 9.25. The highest BCUT2D eigenvalue weighted by Gasteiger charge is 2.11. The number of pyridine rings is 1. The number of rotatable bonds is 2. The number of halogens is 2. The maximum Gasteiger partial charge on any atom is 0.103 e. The topological polar surface area (TPSA) is 48.7 Å². The lowest BCUT2D eigenvalue weighted by Gasteiger charge is -2.13. The zero-order valence-electron chi connectivity index (χ0n) is 11.4. The van der Waals surface area contributed by atoms with Gasteiger partial charge >= 0.3 is 0 Å². The third-order valence-corrected chi connectivity index (χ3v) is 3.68. The molecule has 5 heteroatoms. The van der Waals surface area contributed by atoms with Crippen LogP contribution in [-0.4, -0.2) is 4.98 Å². The predicted octanol–water partition coefficient (Wildman–Crippen LogP) is 4.93. The van der Waals surface area contributed by atoms with Gasteiger partial charge in [0.2, 0.25) is 0 Å². The zero-order valence-corrected chi connectivity index (χ0v) is 12.9. The molecule has 0 fully saturated rings. The number of nitrogens with zero attached hydrogens (tertiary/aromatic N) is 2. The molecule has 2 aromatic rings. The summed E-state index contributed by atoms with van der Waals surface area (Å²) in [7, 11) is 0. The van der Waals surface area contributed by atoms with Crippen LogP contribution in [0.5, 0.6) is 0 Å². The minimum Gasteiger partial charge on any atom is -0.353 e. The molecule has 0 atom stereocenters. The van der Waals surface area contributed by atoms with E-state index >= 15 is 0 Å². The summed E-state index contributed by atoms with van der Waals surface area (Å²) < 4.78 is 0. The number of nitrogens with one attached hydrogen (secondary N) is 1. The fourth-order valence-corrected chi connectivity index (χ4v) is 2.38. The molecule has 1 aromatic carbocycles. The number of aromatic nitrogens is 1. The summed E-state index contributed by atoms with van der Waals surface area (Å²) in [6.45, 7) is 5.57. The molecular weight excluding hydrogens is 293 g/mol. The van der Waals surface area contributed by atoms with Crippen molar-refractivity contribution >= 4 is 34.6 Å². The van der Waals surface area contributed by atoms with E-state index in [1.54, 1.807) is 19.1 Å². The monoisotopic (exact) mass is 305 g/mol. The second kappa shape index (κ2) is 5.70. The SMILES string of the molecule is Cc1cc(Nc2cc(Cl)c(C)cc2Cl)c(C#N)c(C)n1. The first kappa shape index (κ1) is 14.6. The van der Waals surface area contributed by atoms with Crippen molar-refractivity contribution in [2.24, 2.45) is 0 Å². The van der Waals surface area contributed by atoms with E-state index in [4.69, 9.17) is 23.2 Å². The van der Waals surface area contributed by atoms with Crippen molar-refractivity contribution < 1.29 is 0 Å². The van der Waals surface area contributed by atoms with Crippen LogP contribution in [0, 0.1) is 32.1 Å². The highest BCUT2D eigenvalue weighted by molar-refractivity contribution is 6.35. The minimum absolute atomic E-state index is 0.503. The molecule has 0 bridgehead atoms. The Morgan fingerprint density at radius 1 is 1.05 bits per heavy atom. The molecule has 0 amide bonds. The molecule has 1 aromatic heterocycles. The standard InChI is InChI=1S/C15H13Cl2N3/c1-8-4-13(17)15(6-12(8)16)20-14-5-9(2)19-10(3)11(14)7-18/h4-6H,1-3H3,(H,19,20). The first-order chi connectivity index (χ1) is 9.42. The Morgan fingerprint density at radius 2 is 1.75 bits per heavy atom. The van der Waals surface area contributed by atoms with Gasteiger partial charge < -0.3 is 5.32 Å². The molecule has 0 aliphatic rings. The van der Waals surface area contributed by atoms with Gasteiger partial charge in [-0.3, -0.25) is 4.98 Å². The number of benzene rings is 1. The molecule has 1 N–H and O–H groups in total. The van der Waals surface area contributed by atoms with Crippen molar-refractivity contribution in [2.45, 2.75) is 20.8 Å². The van der Waals surface area contributed by atoms with Gasteiger partial charge in [0.25, 0.3) is 0 Å². The van der Waals surface area contributed by atoms with Crippen molar-refractivity contribution in [3.8, 4) is 6.07 Å². The molecule has 0 unspecified atom stereocenters. The lowest BCUT2D eigenvalue weighted by Crippen LogP contribution is -2.00. The van der Waals surface area contributed by atoms with Gasteiger partial charge in [-0.1, -0.05) is 23.2 Å². The number of nitriles is 1. The highest BCUT2D eigenvalue weighted by Crippen LogP contribution is 2.32. The first-order valence-corrected chi connectivity index (χ1v) is 6.79. The van der Waals surface area contributed by atoms with Crippen molar-refractivity contribution in [3.63, 3.8) is 0 Å². The molecule has 0 spiro atoms. The predicted molar refractivity (Wildman–Crippen MR) is 82.9 cm³/mol. The molecule has 0 aliphatic heterocycles. The molecule has 102 valence electrons. The summed E-state index contributed by atoms with van der Waals surface area (Å²) in [5, 5.41) is 13.6. The van der Waals surface area contributed by atoms with Crippen LogP contribution in [0.3, 0.4) is 0 Å². The average Bonchev–Trinajstić information content (AvgIpc) is 2.35. The Kier molecular flexibility index (Phi) is 4.17. The van der Waals surface area contributed by atoms with Crippen molar-refractivity contribution in [1.82, 2.24) is 4.98 Å². The second-order valence-electron chi connectivity index (χ2n) is 4.59. The normalized spacial score (nSPS) is 10.2. The van der Waals surface area contributed by atoms with Crippen LogP contribution in [0.4, 0.5) is 11.4 Å². The quantitative estimate of drug-likeness (QED) is 0.856. The Bertz CT molecular complexity index is 718. The summed E-state index contributed by atoms with van der Waals surface area (Å²) in [4.78, 5) is 4.28. The van der Waals surface area contributed by atoms with E-state index in [9.17, 15) is 5.26 Å². The largest absolute Gasteiger partial charge is 0.353 e. The fraction of sp³-hybridized carbons (Fsp3) is 0.200. The van der Waals surface area contributed by atoms with Crippen molar-refractivity contribution in [2.75, 3.05) is 5.32 Å². The molecule has 0 radical (unpaired) electrons. The van der Waals surface area contributed by atoms with Gasteiger partial charge in [-0.25, -0.2) is 0 Å². The van der Waals surface area contributed by atoms with Crippen LogP contribution < -0.4 is 5.32 Å². The third-order valence-electron chi connectivity index (χ3n) is 2.96. The number of aryl methyl sites for hydroxylation is 3. The summed E-state index contributed by atoms with van der Waals surface area (Å²) >= 11 is 12.3. The van der Waals surface area contributed by atoms with Crippen LogP contribution in [-0.2, 0) is 0 Å².